The van der Waals surface area contributed by atoms with Crippen LogP contribution >= 0.6 is 11.8 Å². The average molecular weight is 270 g/mol. The highest BCUT2D eigenvalue weighted by Crippen LogP contribution is 2.31. The topological polar surface area (TPSA) is 49.9 Å². The number of hydrogen-bond donors (Lipinski definition) is 2. The molecule has 0 aliphatic carbocycles. The summed E-state index contributed by atoms with van der Waals surface area (Å²) < 4.78 is 0. The van der Waals surface area contributed by atoms with Gasteiger partial charge in [-0.2, -0.15) is 0 Å². The molecule has 0 aliphatic heterocycles. The van der Waals surface area contributed by atoms with Crippen LogP contribution in [0.15, 0.2) is 47.4 Å². The first kappa shape index (κ1) is 13.7. The minimum Gasteiger partial charge on any atom is -0.398 e. The Kier molecular flexibility index (Phi) is 4.27. The van der Waals surface area contributed by atoms with Crippen molar-refractivity contribution in [1.29, 1.82) is 5.41 Å². The molecule has 0 spiro atoms. The van der Waals surface area contributed by atoms with E-state index < -0.39 is 0 Å². The third kappa shape index (κ3) is 3.38. The van der Waals surface area contributed by atoms with Gasteiger partial charge in [0, 0.05) is 27.6 Å². The van der Waals surface area contributed by atoms with Crippen LogP contribution in [0.3, 0.4) is 0 Å². The molecule has 0 aliphatic rings. The van der Waals surface area contributed by atoms with Gasteiger partial charge >= 0.3 is 0 Å². The molecule has 0 atom stereocenters. The molecule has 0 unspecified atom stereocenters. The van der Waals surface area contributed by atoms with Crippen molar-refractivity contribution in [3.63, 3.8) is 0 Å². The van der Waals surface area contributed by atoms with E-state index in [4.69, 9.17) is 11.1 Å². The van der Waals surface area contributed by atoms with Crippen LogP contribution in [-0.2, 0) is 5.75 Å². The summed E-state index contributed by atoms with van der Waals surface area (Å²) >= 11 is 1.74. The van der Waals surface area contributed by atoms with Gasteiger partial charge in [-0.3, -0.25) is 0 Å². The van der Waals surface area contributed by atoms with Crippen molar-refractivity contribution in [3.8, 4) is 0 Å². The molecular weight excluding hydrogens is 252 g/mol. The Labute approximate surface area is 118 Å². The quantitative estimate of drug-likeness (QED) is 0.495. The largest absolute Gasteiger partial charge is 0.398 e. The highest BCUT2D eigenvalue weighted by atomic mass is 32.2. The molecule has 0 saturated carbocycles. The van der Waals surface area contributed by atoms with Crippen molar-refractivity contribution in [2.24, 2.45) is 0 Å². The van der Waals surface area contributed by atoms with E-state index in [1.54, 1.807) is 18.7 Å². The predicted octanol–water partition coefficient (Wildman–Crippen LogP) is 4.26. The number of aryl methyl sites for hydroxylation is 1. The standard InChI is InChI=1S/C16H18N2S/c1-11-8-14(18)16(12(2)17)15(9-11)19-10-13-6-4-3-5-7-13/h3-9,17H,10,18H2,1-2H3. The van der Waals surface area contributed by atoms with Crippen molar-refractivity contribution in [3.05, 3.63) is 59.2 Å². The summed E-state index contributed by atoms with van der Waals surface area (Å²) in [5.74, 6) is 0.893. The van der Waals surface area contributed by atoms with E-state index in [0.29, 0.717) is 11.4 Å². The zero-order valence-corrected chi connectivity index (χ0v) is 12.1. The average Bonchev–Trinajstić information content (AvgIpc) is 2.36. The molecule has 3 heteroatoms. The molecule has 98 valence electrons. The van der Waals surface area contributed by atoms with Gasteiger partial charge in [0.15, 0.2) is 0 Å². The van der Waals surface area contributed by atoms with Gasteiger partial charge in [0.2, 0.25) is 0 Å². The first-order chi connectivity index (χ1) is 9.08. The molecule has 2 aromatic carbocycles. The molecule has 19 heavy (non-hydrogen) atoms. The summed E-state index contributed by atoms with van der Waals surface area (Å²) in [5, 5.41) is 7.88. The zero-order chi connectivity index (χ0) is 13.8. The van der Waals surface area contributed by atoms with Crippen LogP contribution in [-0.4, -0.2) is 5.71 Å². The Morgan fingerprint density at radius 2 is 1.89 bits per heavy atom. The molecule has 0 fully saturated rings. The van der Waals surface area contributed by atoms with Gasteiger partial charge in [-0.05, 0) is 37.1 Å². The molecule has 0 saturated heterocycles. The van der Waals surface area contributed by atoms with Crippen LogP contribution in [0.25, 0.3) is 0 Å². The predicted molar refractivity (Wildman–Crippen MR) is 84.1 cm³/mol. The summed E-state index contributed by atoms with van der Waals surface area (Å²) in [5.41, 5.74) is 10.5. The summed E-state index contributed by atoms with van der Waals surface area (Å²) in [7, 11) is 0. The van der Waals surface area contributed by atoms with Crippen LogP contribution in [0.2, 0.25) is 0 Å². The second-order valence-electron chi connectivity index (χ2n) is 4.63. The third-order valence-electron chi connectivity index (χ3n) is 2.89. The van der Waals surface area contributed by atoms with Crippen LogP contribution in [0, 0.1) is 12.3 Å². The minimum absolute atomic E-state index is 0.521. The van der Waals surface area contributed by atoms with Gasteiger partial charge in [-0.25, -0.2) is 0 Å². The maximum Gasteiger partial charge on any atom is 0.0419 e. The number of nitrogens with one attached hydrogen (secondary N) is 1. The van der Waals surface area contributed by atoms with Crippen molar-refractivity contribution >= 4 is 23.2 Å². The Morgan fingerprint density at radius 3 is 2.53 bits per heavy atom. The van der Waals surface area contributed by atoms with Gasteiger partial charge in [0.05, 0.1) is 0 Å². The van der Waals surface area contributed by atoms with Gasteiger partial charge in [0.25, 0.3) is 0 Å². The maximum atomic E-state index is 7.88. The Hall–Kier alpha value is -1.74. The minimum atomic E-state index is 0.521. The smallest absolute Gasteiger partial charge is 0.0419 e. The van der Waals surface area contributed by atoms with Gasteiger partial charge in [-0.1, -0.05) is 30.3 Å². The van der Waals surface area contributed by atoms with Crippen molar-refractivity contribution in [2.75, 3.05) is 5.73 Å². The molecule has 0 amide bonds. The van der Waals surface area contributed by atoms with Crippen molar-refractivity contribution in [1.82, 2.24) is 0 Å². The monoisotopic (exact) mass is 270 g/mol. The van der Waals surface area contributed by atoms with Crippen LogP contribution < -0.4 is 5.73 Å². The van der Waals surface area contributed by atoms with Gasteiger partial charge < -0.3 is 11.1 Å². The second kappa shape index (κ2) is 5.93. The van der Waals surface area contributed by atoms with Crippen LogP contribution in [0.4, 0.5) is 5.69 Å². The normalized spacial score (nSPS) is 10.4. The van der Waals surface area contributed by atoms with Crippen molar-refractivity contribution in [2.45, 2.75) is 24.5 Å². The van der Waals surface area contributed by atoms with E-state index in [9.17, 15) is 0 Å². The van der Waals surface area contributed by atoms with Crippen LogP contribution in [0.5, 0.6) is 0 Å². The number of hydrogen-bond acceptors (Lipinski definition) is 3. The number of nitrogens with two attached hydrogens (primary N) is 1. The molecule has 2 aromatic rings. The van der Waals surface area contributed by atoms with Gasteiger partial charge in [0.1, 0.15) is 0 Å². The molecule has 2 rings (SSSR count). The lowest BCUT2D eigenvalue weighted by Crippen LogP contribution is -2.03. The summed E-state index contributed by atoms with van der Waals surface area (Å²) in [6.07, 6.45) is 0. The lowest BCUT2D eigenvalue weighted by atomic mass is 10.1. The number of rotatable bonds is 4. The molecule has 0 radical (unpaired) electrons. The lowest BCUT2D eigenvalue weighted by Gasteiger charge is -2.12. The highest BCUT2D eigenvalue weighted by Gasteiger charge is 2.10. The van der Waals surface area contributed by atoms with Gasteiger partial charge in [-0.15, -0.1) is 11.8 Å². The van der Waals surface area contributed by atoms with E-state index in [1.165, 1.54) is 5.56 Å². The SMILES string of the molecule is CC(=N)c1c(N)cc(C)cc1SCc1ccccc1. The van der Waals surface area contributed by atoms with E-state index in [2.05, 4.69) is 18.2 Å². The molecule has 2 nitrogen and oxygen atoms in total. The fraction of sp³-hybridized carbons (Fsp3) is 0.188. The second-order valence-corrected chi connectivity index (χ2v) is 5.64. The number of nitrogen functional groups attached to an aromatic ring is 1. The van der Waals surface area contributed by atoms with E-state index in [0.717, 1.165) is 21.8 Å². The molecular formula is C16H18N2S. The third-order valence-corrected chi connectivity index (χ3v) is 4.00. The fourth-order valence-corrected chi connectivity index (χ4v) is 3.23. The summed E-state index contributed by atoms with van der Waals surface area (Å²) in [4.78, 5) is 1.09. The molecule has 0 bridgehead atoms. The summed E-state index contributed by atoms with van der Waals surface area (Å²) in [6, 6.07) is 14.4. The van der Waals surface area contributed by atoms with Crippen molar-refractivity contribution < 1.29 is 0 Å². The Morgan fingerprint density at radius 1 is 1.21 bits per heavy atom. The maximum absolute atomic E-state index is 7.88. The zero-order valence-electron chi connectivity index (χ0n) is 11.2. The molecule has 0 heterocycles. The lowest BCUT2D eigenvalue weighted by molar-refractivity contribution is 1.30. The first-order valence-electron chi connectivity index (χ1n) is 6.20. The number of thioether (sulfide) groups is 1. The van der Waals surface area contributed by atoms with E-state index in [-0.39, 0.29) is 0 Å². The summed E-state index contributed by atoms with van der Waals surface area (Å²) in [6.45, 7) is 3.82. The number of anilines is 1. The fourth-order valence-electron chi connectivity index (χ4n) is 2.03. The first-order valence-corrected chi connectivity index (χ1v) is 7.19. The van der Waals surface area contributed by atoms with E-state index in [1.807, 2.05) is 31.2 Å². The number of benzene rings is 2. The highest BCUT2D eigenvalue weighted by molar-refractivity contribution is 7.98. The Balaban J connectivity index is 2.27. The molecule has 3 N–H and O–H groups in total. The van der Waals surface area contributed by atoms with Crippen LogP contribution in [0.1, 0.15) is 23.6 Å². The Bertz CT molecular complexity index is 591. The molecule has 0 aromatic heterocycles. The van der Waals surface area contributed by atoms with E-state index >= 15 is 0 Å².